The van der Waals surface area contributed by atoms with Gasteiger partial charge in [-0.25, -0.2) is 0 Å². The molecule has 19 heavy (non-hydrogen) atoms. The van der Waals surface area contributed by atoms with Crippen molar-refractivity contribution >= 4 is 21.8 Å². The van der Waals surface area contributed by atoms with Gasteiger partial charge in [0.2, 0.25) is 0 Å². The number of carbonyl (C=O) groups excluding carboxylic acids is 1. The number of hydrogen-bond acceptors (Lipinski definition) is 2. The molecule has 1 fully saturated rings. The summed E-state index contributed by atoms with van der Waals surface area (Å²) < 4.78 is 0. The average Bonchev–Trinajstić information content (AvgIpc) is 2.41. The van der Waals surface area contributed by atoms with E-state index in [-0.39, 0.29) is 11.7 Å². The molecule has 1 aliphatic heterocycles. The number of phenolic OH excluding ortho intramolecular Hbond substituents is 1. The predicted molar refractivity (Wildman–Crippen MR) is 79.9 cm³/mol. The maximum atomic E-state index is 12.4. The minimum Gasteiger partial charge on any atom is -0.507 e. The molecule has 1 saturated heterocycles. The van der Waals surface area contributed by atoms with Crippen LogP contribution in [0.1, 0.15) is 35.7 Å². The number of alkyl halides is 1. The second-order valence-corrected chi connectivity index (χ2v) is 6.77. The van der Waals surface area contributed by atoms with Crippen LogP contribution in [0, 0.1) is 12.8 Å². The zero-order chi connectivity index (χ0) is 14.0. The van der Waals surface area contributed by atoms with Crippen molar-refractivity contribution in [1.29, 1.82) is 0 Å². The van der Waals surface area contributed by atoms with Gasteiger partial charge in [-0.15, -0.1) is 0 Å². The van der Waals surface area contributed by atoms with E-state index in [9.17, 15) is 9.90 Å². The van der Waals surface area contributed by atoms with Gasteiger partial charge in [-0.2, -0.15) is 0 Å². The molecule has 3 nitrogen and oxygen atoms in total. The number of aryl methyl sites for hydroxylation is 1. The van der Waals surface area contributed by atoms with Crippen molar-refractivity contribution in [2.45, 2.75) is 31.5 Å². The van der Waals surface area contributed by atoms with Gasteiger partial charge in [0.25, 0.3) is 5.91 Å². The number of likely N-dealkylation sites (tertiary alicyclic amines) is 1. The number of aromatic hydroxyl groups is 1. The molecule has 0 aliphatic carbocycles. The Hall–Kier alpha value is -1.03. The third-order valence-corrected chi connectivity index (χ3v) is 4.61. The minimum absolute atomic E-state index is 0.0538. The van der Waals surface area contributed by atoms with E-state index in [4.69, 9.17) is 0 Å². The van der Waals surface area contributed by atoms with Crippen LogP contribution in [0.2, 0.25) is 0 Å². The van der Waals surface area contributed by atoms with E-state index in [1.165, 1.54) is 0 Å². The van der Waals surface area contributed by atoms with Gasteiger partial charge in [0.1, 0.15) is 5.75 Å². The summed E-state index contributed by atoms with van der Waals surface area (Å²) in [6, 6.07) is 5.16. The van der Waals surface area contributed by atoms with E-state index in [0.29, 0.717) is 16.3 Å². The molecule has 0 radical (unpaired) electrons. The Morgan fingerprint density at radius 2 is 2.05 bits per heavy atom. The minimum atomic E-state index is -0.0538. The summed E-state index contributed by atoms with van der Waals surface area (Å²) in [5.74, 6) is 0.656. The highest BCUT2D eigenvalue weighted by Gasteiger charge is 2.26. The normalized spacial score (nSPS) is 18.4. The van der Waals surface area contributed by atoms with Crippen molar-refractivity contribution in [3.8, 4) is 5.75 Å². The third kappa shape index (κ3) is 3.30. The standard InChI is InChI=1S/C15H20BrNO2/c1-10-3-4-14(18)13(9-10)15(19)17-7-5-12(6-8-17)11(2)16/h3-4,9,11-12,18H,5-8H2,1-2H3. The summed E-state index contributed by atoms with van der Waals surface area (Å²) in [6.45, 7) is 5.63. The lowest BCUT2D eigenvalue weighted by atomic mass is 9.94. The van der Waals surface area contributed by atoms with E-state index < -0.39 is 0 Å². The van der Waals surface area contributed by atoms with Crippen LogP contribution in [-0.4, -0.2) is 33.8 Å². The van der Waals surface area contributed by atoms with E-state index in [0.717, 1.165) is 31.5 Å². The van der Waals surface area contributed by atoms with E-state index in [1.54, 1.807) is 12.1 Å². The van der Waals surface area contributed by atoms with Crippen LogP contribution in [0.3, 0.4) is 0 Å². The average molecular weight is 326 g/mol. The van der Waals surface area contributed by atoms with Gasteiger partial charge in [-0.1, -0.05) is 34.5 Å². The van der Waals surface area contributed by atoms with E-state index >= 15 is 0 Å². The molecule has 1 aromatic carbocycles. The highest BCUT2D eigenvalue weighted by atomic mass is 79.9. The SMILES string of the molecule is Cc1ccc(O)c(C(=O)N2CCC(C(C)Br)CC2)c1. The van der Waals surface area contributed by atoms with Gasteiger partial charge in [-0.05, 0) is 37.8 Å². The molecule has 1 amide bonds. The lowest BCUT2D eigenvalue weighted by Crippen LogP contribution is -2.40. The van der Waals surface area contributed by atoms with Crippen molar-refractivity contribution in [3.63, 3.8) is 0 Å². The van der Waals surface area contributed by atoms with Gasteiger partial charge < -0.3 is 10.0 Å². The first-order chi connectivity index (χ1) is 8.99. The van der Waals surface area contributed by atoms with Gasteiger partial charge in [0.05, 0.1) is 5.56 Å². The number of benzene rings is 1. The number of amides is 1. The van der Waals surface area contributed by atoms with Crippen molar-refractivity contribution in [1.82, 2.24) is 4.90 Å². The molecule has 1 atom stereocenters. The Morgan fingerprint density at radius 1 is 1.42 bits per heavy atom. The van der Waals surface area contributed by atoms with Crippen molar-refractivity contribution in [2.75, 3.05) is 13.1 Å². The monoisotopic (exact) mass is 325 g/mol. The highest BCUT2D eigenvalue weighted by molar-refractivity contribution is 9.09. The maximum Gasteiger partial charge on any atom is 0.257 e. The number of halogens is 1. The fraction of sp³-hybridized carbons (Fsp3) is 0.533. The zero-order valence-electron chi connectivity index (χ0n) is 11.4. The highest BCUT2D eigenvalue weighted by Crippen LogP contribution is 2.27. The van der Waals surface area contributed by atoms with Crippen LogP contribution in [0.25, 0.3) is 0 Å². The maximum absolute atomic E-state index is 12.4. The molecule has 1 aliphatic rings. The first-order valence-electron chi connectivity index (χ1n) is 6.72. The molecule has 1 N–H and O–H groups in total. The predicted octanol–water partition coefficient (Wildman–Crippen LogP) is 3.34. The molecular formula is C15H20BrNO2. The Labute approximate surface area is 122 Å². The molecule has 0 aromatic heterocycles. The quantitative estimate of drug-likeness (QED) is 0.847. The number of carbonyl (C=O) groups is 1. The molecule has 2 rings (SSSR count). The van der Waals surface area contributed by atoms with Crippen LogP contribution >= 0.6 is 15.9 Å². The summed E-state index contributed by atoms with van der Waals surface area (Å²) in [4.78, 5) is 14.7. The Kier molecular flexibility index (Phi) is 4.50. The number of rotatable bonds is 2. The van der Waals surface area contributed by atoms with E-state index in [1.807, 2.05) is 17.9 Å². The second kappa shape index (κ2) is 5.95. The van der Waals surface area contributed by atoms with Crippen molar-refractivity contribution in [2.24, 2.45) is 5.92 Å². The number of nitrogens with zero attached hydrogens (tertiary/aromatic N) is 1. The Morgan fingerprint density at radius 3 is 2.63 bits per heavy atom. The molecule has 1 heterocycles. The van der Waals surface area contributed by atoms with Crippen LogP contribution in [0.15, 0.2) is 18.2 Å². The summed E-state index contributed by atoms with van der Waals surface area (Å²) in [7, 11) is 0. The summed E-state index contributed by atoms with van der Waals surface area (Å²) in [5.41, 5.74) is 1.41. The smallest absolute Gasteiger partial charge is 0.257 e. The van der Waals surface area contributed by atoms with Crippen molar-refractivity contribution in [3.05, 3.63) is 29.3 Å². The fourth-order valence-electron chi connectivity index (χ4n) is 2.55. The Balaban J connectivity index is 2.07. The van der Waals surface area contributed by atoms with Crippen LogP contribution in [0.5, 0.6) is 5.75 Å². The topological polar surface area (TPSA) is 40.5 Å². The second-order valence-electron chi connectivity index (χ2n) is 5.33. The zero-order valence-corrected chi connectivity index (χ0v) is 13.0. The first-order valence-corrected chi connectivity index (χ1v) is 7.63. The summed E-state index contributed by atoms with van der Waals surface area (Å²) in [6.07, 6.45) is 2.04. The molecule has 1 aromatic rings. The van der Waals surface area contributed by atoms with Gasteiger partial charge >= 0.3 is 0 Å². The number of phenols is 1. The number of hydrogen-bond donors (Lipinski definition) is 1. The van der Waals surface area contributed by atoms with Crippen LogP contribution in [-0.2, 0) is 0 Å². The largest absolute Gasteiger partial charge is 0.507 e. The van der Waals surface area contributed by atoms with Crippen LogP contribution < -0.4 is 0 Å². The van der Waals surface area contributed by atoms with E-state index in [2.05, 4.69) is 22.9 Å². The molecule has 0 spiro atoms. The molecule has 1 unspecified atom stereocenters. The van der Waals surface area contributed by atoms with Crippen molar-refractivity contribution < 1.29 is 9.90 Å². The van der Waals surface area contributed by atoms with Gasteiger partial charge in [-0.3, -0.25) is 4.79 Å². The molecule has 0 saturated carbocycles. The summed E-state index contributed by atoms with van der Waals surface area (Å²) >= 11 is 3.62. The molecular weight excluding hydrogens is 306 g/mol. The Bertz CT molecular complexity index is 465. The molecule has 0 bridgehead atoms. The lowest BCUT2D eigenvalue weighted by molar-refractivity contribution is 0.0688. The number of piperidine rings is 1. The van der Waals surface area contributed by atoms with Gasteiger partial charge in [0, 0.05) is 17.9 Å². The first kappa shape index (κ1) is 14.4. The van der Waals surface area contributed by atoms with Crippen LogP contribution in [0.4, 0.5) is 0 Å². The summed E-state index contributed by atoms with van der Waals surface area (Å²) in [5, 5.41) is 9.82. The third-order valence-electron chi connectivity index (χ3n) is 3.86. The molecule has 104 valence electrons. The van der Waals surface area contributed by atoms with Gasteiger partial charge in [0.15, 0.2) is 0 Å². The lowest BCUT2D eigenvalue weighted by Gasteiger charge is -2.33. The molecule has 4 heteroatoms. The fourth-order valence-corrected chi connectivity index (χ4v) is 3.08.